The van der Waals surface area contributed by atoms with Crippen molar-refractivity contribution in [1.82, 2.24) is 0 Å². The molecule has 0 aromatic rings. The maximum absolute atomic E-state index is 9.88. The molecular formula is C3H5IO2. The molecule has 0 heterocycles. The molecule has 0 radical (unpaired) electrons. The van der Waals surface area contributed by atoms with Gasteiger partial charge in [-0.05, 0) is 6.92 Å². The molecule has 6 heavy (non-hydrogen) atoms. The van der Waals surface area contributed by atoms with Gasteiger partial charge in [0.05, 0.1) is 0 Å². The molecule has 0 aliphatic heterocycles. The van der Waals surface area contributed by atoms with Crippen molar-refractivity contribution in [2.75, 3.05) is 0 Å². The van der Waals surface area contributed by atoms with E-state index in [-0.39, 0.29) is 3.79 Å². The molecule has 0 aliphatic rings. The maximum Gasteiger partial charge on any atom is 0.220 e. The summed E-state index contributed by atoms with van der Waals surface area (Å²) in [5.41, 5.74) is 0. The molecule has 0 fully saturated rings. The van der Waals surface area contributed by atoms with Crippen LogP contribution in [0, 0.1) is 0 Å². The van der Waals surface area contributed by atoms with Gasteiger partial charge in [0.1, 0.15) is 6.10 Å². The first-order valence-electron chi connectivity index (χ1n) is 1.52. The van der Waals surface area contributed by atoms with Gasteiger partial charge in [-0.2, -0.15) is 0 Å². The Labute approximate surface area is 49.7 Å². The fourth-order valence-corrected chi connectivity index (χ4v) is 0. The van der Waals surface area contributed by atoms with Gasteiger partial charge < -0.3 is 5.11 Å². The van der Waals surface area contributed by atoms with Crippen LogP contribution in [0.3, 0.4) is 0 Å². The van der Waals surface area contributed by atoms with Gasteiger partial charge in [0.25, 0.3) is 0 Å². The summed E-state index contributed by atoms with van der Waals surface area (Å²) >= 11 is 1.54. The van der Waals surface area contributed by atoms with Crippen LogP contribution in [0.15, 0.2) is 0 Å². The lowest BCUT2D eigenvalue weighted by Crippen LogP contribution is -2.06. The summed E-state index contributed by atoms with van der Waals surface area (Å²) in [6.45, 7) is 1.44. The van der Waals surface area contributed by atoms with E-state index in [2.05, 4.69) is 0 Å². The molecule has 0 aliphatic carbocycles. The molecule has 0 aromatic heterocycles. The van der Waals surface area contributed by atoms with Gasteiger partial charge in [-0.3, -0.25) is 4.79 Å². The average molecular weight is 200 g/mol. The summed E-state index contributed by atoms with van der Waals surface area (Å²) in [6, 6.07) is 0. The van der Waals surface area contributed by atoms with Gasteiger partial charge in [-0.1, -0.05) is 0 Å². The summed E-state index contributed by atoms with van der Waals surface area (Å²) in [7, 11) is 0. The Morgan fingerprint density at radius 1 is 2.00 bits per heavy atom. The molecular weight excluding hydrogens is 195 g/mol. The molecule has 0 bridgehead atoms. The minimum absolute atomic E-state index is 0.215. The first kappa shape index (κ1) is 6.36. The summed E-state index contributed by atoms with van der Waals surface area (Å²) in [5, 5.41) is 8.27. The van der Waals surface area contributed by atoms with Crippen molar-refractivity contribution in [3.8, 4) is 0 Å². The van der Waals surface area contributed by atoms with Gasteiger partial charge in [-0.25, -0.2) is 0 Å². The minimum Gasteiger partial charge on any atom is -0.385 e. The third-order valence-electron chi connectivity index (χ3n) is 0.328. The number of carbonyl (C=O) groups excluding carboxylic acids is 1. The zero-order valence-corrected chi connectivity index (χ0v) is 5.47. The zero-order valence-electron chi connectivity index (χ0n) is 3.31. The molecule has 0 amide bonds. The highest BCUT2D eigenvalue weighted by Crippen LogP contribution is 1.90. The van der Waals surface area contributed by atoms with Gasteiger partial charge in [0.2, 0.25) is 3.79 Å². The molecule has 0 aromatic carbocycles. The quantitative estimate of drug-likeness (QED) is 0.489. The van der Waals surface area contributed by atoms with E-state index in [1.54, 1.807) is 22.6 Å². The summed E-state index contributed by atoms with van der Waals surface area (Å²) in [4.78, 5) is 9.88. The number of hydrogen-bond acceptors (Lipinski definition) is 2. The number of rotatable bonds is 1. The second-order valence-electron chi connectivity index (χ2n) is 0.980. The fourth-order valence-electron chi connectivity index (χ4n) is 0. The molecule has 1 unspecified atom stereocenters. The molecule has 0 rings (SSSR count). The van der Waals surface area contributed by atoms with Crippen LogP contribution in [0.4, 0.5) is 0 Å². The topological polar surface area (TPSA) is 37.3 Å². The SMILES string of the molecule is CC(O)C(=O)I. The highest BCUT2D eigenvalue weighted by molar-refractivity contribution is 14.1. The molecule has 0 spiro atoms. The second-order valence-corrected chi connectivity index (χ2v) is 2.04. The van der Waals surface area contributed by atoms with E-state index in [0.717, 1.165) is 0 Å². The van der Waals surface area contributed by atoms with Gasteiger partial charge in [-0.15, -0.1) is 0 Å². The van der Waals surface area contributed by atoms with Crippen LogP contribution in [0.1, 0.15) is 6.92 Å². The van der Waals surface area contributed by atoms with E-state index < -0.39 is 6.10 Å². The Hall–Kier alpha value is 0.360. The Kier molecular flexibility index (Phi) is 2.67. The van der Waals surface area contributed by atoms with Crippen molar-refractivity contribution < 1.29 is 9.90 Å². The van der Waals surface area contributed by atoms with Crippen LogP contribution in [0.2, 0.25) is 0 Å². The number of aliphatic hydroxyl groups is 1. The van der Waals surface area contributed by atoms with Crippen LogP contribution >= 0.6 is 22.6 Å². The van der Waals surface area contributed by atoms with Crippen molar-refractivity contribution in [3.63, 3.8) is 0 Å². The van der Waals surface area contributed by atoms with Crippen molar-refractivity contribution in [3.05, 3.63) is 0 Å². The van der Waals surface area contributed by atoms with Crippen molar-refractivity contribution in [1.29, 1.82) is 0 Å². The van der Waals surface area contributed by atoms with Crippen LogP contribution in [-0.4, -0.2) is 15.0 Å². The summed E-state index contributed by atoms with van der Waals surface area (Å²) in [5.74, 6) is 0. The Balaban J connectivity index is 3.26. The third-order valence-corrected chi connectivity index (χ3v) is 1.23. The molecule has 1 N–H and O–H groups in total. The van der Waals surface area contributed by atoms with E-state index in [0.29, 0.717) is 0 Å². The zero-order chi connectivity index (χ0) is 5.15. The highest BCUT2D eigenvalue weighted by atomic mass is 127. The van der Waals surface area contributed by atoms with Crippen LogP contribution in [0.5, 0.6) is 0 Å². The Morgan fingerprint density at radius 2 is 2.17 bits per heavy atom. The first-order valence-corrected chi connectivity index (χ1v) is 2.60. The fraction of sp³-hybridized carbons (Fsp3) is 0.667. The van der Waals surface area contributed by atoms with Crippen LogP contribution in [-0.2, 0) is 4.79 Å². The molecule has 1 atom stereocenters. The van der Waals surface area contributed by atoms with Crippen LogP contribution < -0.4 is 0 Å². The van der Waals surface area contributed by atoms with E-state index in [9.17, 15) is 4.79 Å². The molecule has 0 saturated heterocycles. The maximum atomic E-state index is 9.88. The number of aliphatic hydroxyl groups excluding tert-OH is 1. The third kappa shape index (κ3) is 2.59. The van der Waals surface area contributed by atoms with Crippen molar-refractivity contribution in [2.24, 2.45) is 0 Å². The van der Waals surface area contributed by atoms with Crippen molar-refractivity contribution in [2.45, 2.75) is 13.0 Å². The van der Waals surface area contributed by atoms with Gasteiger partial charge in [0.15, 0.2) is 0 Å². The van der Waals surface area contributed by atoms with Gasteiger partial charge in [0, 0.05) is 22.6 Å². The standard InChI is InChI=1S/C3H5IO2/c1-2(5)3(4)6/h2,5H,1H3. The predicted molar refractivity (Wildman–Crippen MR) is 30.7 cm³/mol. The molecule has 0 saturated carbocycles. The van der Waals surface area contributed by atoms with E-state index in [1.165, 1.54) is 6.92 Å². The van der Waals surface area contributed by atoms with E-state index >= 15 is 0 Å². The summed E-state index contributed by atoms with van der Waals surface area (Å²) in [6.07, 6.45) is -0.800. The lowest BCUT2D eigenvalue weighted by atomic mass is 10.5. The minimum atomic E-state index is -0.800. The largest absolute Gasteiger partial charge is 0.385 e. The van der Waals surface area contributed by atoms with E-state index in [4.69, 9.17) is 5.11 Å². The monoisotopic (exact) mass is 200 g/mol. The average Bonchev–Trinajstić information content (AvgIpc) is 1.36. The Morgan fingerprint density at radius 3 is 2.17 bits per heavy atom. The lowest BCUT2D eigenvalue weighted by Gasteiger charge is -1.88. The number of hydrogen-bond donors (Lipinski definition) is 1. The molecule has 3 heteroatoms. The van der Waals surface area contributed by atoms with Crippen LogP contribution in [0.25, 0.3) is 0 Å². The summed E-state index contributed by atoms with van der Waals surface area (Å²) < 4.78 is -0.215. The number of carbonyl (C=O) groups is 1. The van der Waals surface area contributed by atoms with Gasteiger partial charge >= 0.3 is 0 Å². The highest BCUT2D eigenvalue weighted by Gasteiger charge is 1.99. The smallest absolute Gasteiger partial charge is 0.220 e. The predicted octanol–water partition coefficient (Wildman–Crippen LogP) is 0.329. The lowest BCUT2D eigenvalue weighted by molar-refractivity contribution is -0.115. The Bertz CT molecular complexity index is 59.8. The number of halogens is 1. The molecule has 2 nitrogen and oxygen atoms in total. The van der Waals surface area contributed by atoms with E-state index in [1.807, 2.05) is 0 Å². The first-order chi connectivity index (χ1) is 2.64. The van der Waals surface area contributed by atoms with Crippen molar-refractivity contribution >= 4 is 26.4 Å². The molecule has 36 valence electrons. The second kappa shape index (κ2) is 2.52. The normalized spacial score (nSPS) is 13.8.